The lowest BCUT2D eigenvalue weighted by Crippen LogP contribution is -2.41. The molecule has 2 heterocycles. The second-order valence-corrected chi connectivity index (χ2v) is 8.12. The molecule has 1 aromatic heterocycles. The van der Waals surface area contributed by atoms with Crippen LogP contribution in [-0.2, 0) is 22.4 Å². The number of ether oxygens (including phenoxy) is 2. The molecule has 4 rings (SSSR count). The van der Waals surface area contributed by atoms with Gasteiger partial charge in [0.25, 0.3) is 0 Å². The van der Waals surface area contributed by atoms with Gasteiger partial charge in [0.15, 0.2) is 0 Å². The molecule has 30 heavy (non-hydrogen) atoms. The zero-order valence-electron chi connectivity index (χ0n) is 17.5. The Morgan fingerprint density at radius 2 is 2.03 bits per heavy atom. The number of nitrogens with zero attached hydrogens (tertiary/aromatic N) is 3. The number of nitrogens with one attached hydrogen (secondary N) is 1. The predicted octanol–water partition coefficient (Wildman–Crippen LogP) is 2.85. The van der Waals surface area contributed by atoms with Gasteiger partial charge >= 0.3 is 5.97 Å². The fourth-order valence-corrected chi connectivity index (χ4v) is 4.39. The van der Waals surface area contributed by atoms with Crippen LogP contribution in [0.15, 0.2) is 36.7 Å². The Hall–Kier alpha value is -2.67. The van der Waals surface area contributed by atoms with Gasteiger partial charge in [-0.1, -0.05) is 24.3 Å². The molecule has 2 aliphatic rings. The van der Waals surface area contributed by atoms with Crippen LogP contribution in [0.25, 0.3) is 0 Å². The summed E-state index contributed by atoms with van der Waals surface area (Å²) in [5.41, 5.74) is 2.82. The molecule has 1 fully saturated rings. The third-order valence-corrected chi connectivity index (χ3v) is 5.88. The standard InChI is InChI=1S/C23H30N4O3/c1-29-23(28)9-5-11-27-10-4-8-20(15-27)30-22-14-21(24-16-25-22)26-19-12-17-6-2-3-7-18(17)13-19/h2-3,6-7,14,16,19-20H,4-5,8-13,15H2,1H3,(H,24,25,26). The lowest BCUT2D eigenvalue weighted by atomic mass is 10.1. The van der Waals surface area contributed by atoms with E-state index in [-0.39, 0.29) is 12.1 Å². The third-order valence-electron chi connectivity index (χ3n) is 5.88. The molecular formula is C23H30N4O3. The highest BCUT2D eigenvalue weighted by molar-refractivity contribution is 5.69. The quantitative estimate of drug-likeness (QED) is 0.671. The first-order valence-electron chi connectivity index (χ1n) is 10.8. The van der Waals surface area contributed by atoms with Crippen molar-refractivity contribution in [3.63, 3.8) is 0 Å². The van der Waals surface area contributed by atoms with E-state index in [9.17, 15) is 4.79 Å². The fraction of sp³-hybridized carbons (Fsp3) is 0.522. The number of fused-ring (bicyclic) bond motifs is 1. The average Bonchev–Trinajstić information content (AvgIpc) is 3.16. The number of rotatable bonds is 8. The molecule has 160 valence electrons. The number of methoxy groups -OCH3 is 1. The fourth-order valence-electron chi connectivity index (χ4n) is 4.39. The number of anilines is 1. The number of likely N-dealkylation sites (tertiary alicyclic amines) is 1. The minimum atomic E-state index is -0.147. The second-order valence-electron chi connectivity index (χ2n) is 8.12. The Labute approximate surface area is 177 Å². The summed E-state index contributed by atoms with van der Waals surface area (Å²) in [5, 5.41) is 3.53. The Morgan fingerprint density at radius 1 is 1.23 bits per heavy atom. The molecule has 1 atom stereocenters. The molecule has 1 unspecified atom stereocenters. The molecule has 2 aromatic rings. The molecule has 7 heteroatoms. The minimum absolute atomic E-state index is 0.107. The molecular weight excluding hydrogens is 380 g/mol. The van der Waals surface area contributed by atoms with Crippen molar-refractivity contribution in [3.05, 3.63) is 47.8 Å². The van der Waals surface area contributed by atoms with Crippen molar-refractivity contribution in [2.24, 2.45) is 0 Å². The van der Waals surface area contributed by atoms with Crippen LogP contribution >= 0.6 is 0 Å². The molecule has 0 spiro atoms. The van der Waals surface area contributed by atoms with E-state index in [2.05, 4.69) is 44.5 Å². The number of esters is 1. The van der Waals surface area contributed by atoms with Crippen LogP contribution < -0.4 is 10.1 Å². The highest BCUT2D eigenvalue weighted by atomic mass is 16.5. The molecule has 1 aliphatic heterocycles. The van der Waals surface area contributed by atoms with Gasteiger partial charge in [-0.3, -0.25) is 9.69 Å². The Balaban J connectivity index is 1.27. The summed E-state index contributed by atoms with van der Waals surface area (Å²) in [6.07, 6.45) is 7.07. The van der Waals surface area contributed by atoms with Crippen molar-refractivity contribution in [1.29, 1.82) is 0 Å². The number of aromatic nitrogens is 2. The predicted molar refractivity (Wildman–Crippen MR) is 115 cm³/mol. The van der Waals surface area contributed by atoms with Gasteiger partial charge in [0.1, 0.15) is 18.2 Å². The van der Waals surface area contributed by atoms with Crippen molar-refractivity contribution in [1.82, 2.24) is 14.9 Å². The van der Waals surface area contributed by atoms with Crippen molar-refractivity contribution in [2.45, 2.75) is 50.7 Å². The van der Waals surface area contributed by atoms with E-state index >= 15 is 0 Å². The molecule has 0 radical (unpaired) electrons. The van der Waals surface area contributed by atoms with Gasteiger partial charge in [-0.2, -0.15) is 0 Å². The van der Waals surface area contributed by atoms with E-state index in [4.69, 9.17) is 9.47 Å². The highest BCUT2D eigenvalue weighted by Gasteiger charge is 2.23. The third kappa shape index (κ3) is 5.48. The van der Waals surface area contributed by atoms with Crippen molar-refractivity contribution in [2.75, 3.05) is 32.1 Å². The Morgan fingerprint density at radius 3 is 2.80 bits per heavy atom. The average molecular weight is 411 g/mol. The summed E-state index contributed by atoms with van der Waals surface area (Å²) in [6, 6.07) is 10.8. The maximum atomic E-state index is 11.3. The molecule has 1 saturated heterocycles. The first-order chi connectivity index (χ1) is 14.7. The summed E-state index contributed by atoms with van der Waals surface area (Å²) in [7, 11) is 1.43. The van der Waals surface area contributed by atoms with Crippen molar-refractivity contribution >= 4 is 11.8 Å². The molecule has 1 aromatic carbocycles. The van der Waals surface area contributed by atoms with Gasteiger partial charge in [-0.05, 0) is 56.3 Å². The highest BCUT2D eigenvalue weighted by Crippen LogP contribution is 2.25. The van der Waals surface area contributed by atoms with Crippen LogP contribution in [0.5, 0.6) is 5.88 Å². The monoisotopic (exact) mass is 410 g/mol. The normalized spacial score (nSPS) is 19.3. The molecule has 0 saturated carbocycles. The smallest absolute Gasteiger partial charge is 0.305 e. The summed E-state index contributed by atoms with van der Waals surface area (Å²) in [4.78, 5) is 22.3. The van der Waals surface area contributed by atoms with Crippen molar-refractivity contribution < 1.29 is 14.3 Å². The van der Waals surface area contributed by atoms with Crippen LogP contribution in [0.1, 0.15) is 36.8 Å². The van der Waals surface area contributed by atoms with Crippen LogP contribution in [0.2, 0.25) is 0 Å². The van der Waals surface area contributed by atoms with Crippen molar-refractivity contribution in [3.8, 4) is 5.88 Å². The van der Waals surface area contributed by atoms with Gasteiger partial charge < -0.3 is 14.8 Å². The topological polar surface area (TPSA) is 76.6 Å². The van der Waals surface area contributed by atoms with E-state index in [0.717, 1.165) is 57.6 Å². The van der Waals surface area contributed by atoms with Gasteiger partial charge in [0, 0.05) is 25.1 Å². The Bertz CT molecular complexity index is 835. The second kappa shape index (κ2) is 9.89. The number of hydrogen-bond donors (Lipinski definition) is 1. The maximum Gasteiger partial charge on any atom is 0.305 e. The lowest BCUT2D eigenvalue weighted by Gasteiger charge is -2.32. The first kappa shape index (κ1) is 20.6. The van der Waals surface area contributed by atoms with Crippen LogP contribution in [0.3, 0.4) is 0 Å². The number of carbonyl (C=O) groups is 1. The molecule has 1 N–H and O–H groups in total. The van der Waals surface area contributed by atoms with Gasteiger partial charge in [0.05, 0.1) is 7.11 Å². The van der Waals surface area contributed by atoms with E-state index < -0.39 is 0 Å². The summed E-state index contributed by atoms with van der Waals surface area (Å²) in [5.74, 6) is 1.28. The SMILES string of the molecule is COC(=O)CCCN1CCCC(Oc2cc(NC3Cc4ccccc4C3)ncn2)C1. The number of benzene rings is 1. The number of carbonyl (C=O) groups excluding carboxylic acids is 1. The van der Waals surface area contributed by atoms with E-state index in [1.807, 2.05) is 6.07 Å². The molecule has 7 nitrogen and oxygen atoms in total. The largest absolute Gasteiger partial charge is 0.473 e. The molecule has 0 amide bonds. The number of hydrogen-bond acceptors (Lipinski definition) is 7. The van der Waals surface area contributed by atoms with Gasteiger partial charge in [-0.25, -0.2) is 9.97 Å². The maximum absolute atomic E-state index is 11.3. The minimum Gasteiger partial charge on any atom is -0.473 e. The van der Waals surface area contributed by atoms with Gasteiger partial charge in [0.2, 0.25) is 5.88 Å². The molecule has 0 bridgehead atoms. The van der Waals surface area contributed by atoms with E-state index in [1.165, 1.54) is 18.2 Å². The number of piperidine rings is 1. The van der Waals surface area contributed by atoms with E-state index in [0.29, 0.717) is 18.3 Å². The lowest BCUT2D eigenvalue weighted by molar-refractivity contribution is -0.140. The summed E-state index contributed by atoms with van der Waals surface area (Å²) < 4.78 is 10.9. The van der Waals surface area contributed by atoms with Crippen LogP contribution in [0.4, 0.5) is 5.82 Å². The summed E-state index contributed by atoms with van der Waals surface area (Å²) >= 11 is 0. The van der Waals surface area contributed by atoms with E-state index in [1.54, 1.807) is 6.33 Å². The first-order valence-corrected chi connectivity index (χ1v) is 10.8. The van der Waals surface area contributed by atoms with Crippen LogP contribution in [0, 0.1) is 0 Å². The van der Waals surface area contributed by atoms with Gasteiger partial charge in [-0.15, -0.1) is 0 Å². The zero-order valence-corrected chi connectivity index (χ0v) is 17.5. The molecule has 1 aliphatic carbocycles. The van der Waals surface area contributed by atoms with Crippen LogP contribution in [-0.4, -0.2) is 59.7 Å². The Kier molecular flexibility index (Phi) is 6.79. The summed E-state index contributed by atoms with van der Waals surface area (Å²) in [6.45, 7) is 2.78. The zero-order chi connectivity index (χ0) is 20.8.